The van der Waals surface area contributed by atoms with E-state index in [9.17, 15) is 9.90 Å². The number of carbonyl (C=O) groups excluding carboxylic acids is 1. The van der Waals surface area contributed by atoms with Crippen LogP contribution in [-0.4, -0.2) is 36.2 Å². The van der Waals surface area contributed by atoms with Gasteiger partial charge in [-0.3, -0.25) is 4.79 Å². The standard InChI is InChI=1S/C14H28N2O2/c1-4-6-14(7-9-15-10-8-14)12(17)16-11-13(3,18)5-2/h15,18H,4-11H2,1-3H3,(H,16,17). The number of rotatable bonds is 6. The monoisotopic (exact) mass is 256 g/mol. The Bertz CT molecular complexity index is 265. The molecule has 1 aliphatic rings. The third-order valence-electron chi connectivity index (χ3n) is 4.16. The molecule has 1 atom stereocenters. The number of nitrogens with one attached hydrogen (secondary N) is 2. The zero-order valence-corrected chi connectivity index (χ0v) is 12.0. The second kappa shape index (κ2) is 6.53. The summed E-state index contributed by atoms with van der Waals surface area (Å²) in [6, 6.07) is 0. The minimum atomic E-state index is -0.796. The molecule has 1 unspecified atom stereocenters. The summed E-state index contributed by atoms with van der Waals surface area (Å²) >= 11 is 0. The molecule has 3 N–H and O–H groups in total. The number of amides is 1. The highest BCUT2D eigenvalue weighted by molar-refractivity contribution is 5.82. The topological polar surface area (TPSA) is 61.4 Å². The molecule has 4 nitrogen and oxygen atoms in total. The summed E-state index contributed by atoms with van der Waals surface area (Å²) in [6.07, 6.45) is 4.42. The summed E-state index contributed by atoms with van der Waals surface area (Å²) in [5, 5.41) is 16.2. The van der Waals surface area contributed by atoms with Gasteiger partial charge < -0.3 is 15.7 Å². The van der Waals surface area contributed by atoms with Gasteiger partial charge in [0, 0.05) is 6.54 Å². The van der Waals surface area contributed by atoms with Crippen LogP contribution in [0.1, 0.15) is 52.9 Å². The number of aliphatic hydroxyl groups is 1. The molecule has 4 heteroatoms. The first-order chi connectivity index (χ1) is 8.46. The molecule has 0 aliphatic carbocycles. The number of carbonyl (C=O) groups is 1. The molecule has 0 aromatic carbocycles. The molecule has 18 heavy (non-hydrogen) atoms. The van der Waals surface area contributed by atoms with Crippen LogP contribution < -0.4 is 10.6 Å². The van der Waals surface area contributed by atoms with Gasteiger partial charge in [-0.25, -0.2) is 0 Å². The summed E-state index contributed by atoms with van der Waals surface area (Å²) in [4.78, 5) is 12.4. The largest absolute Gasteiger partial charge is 0.388 e. The Morgan fingerprint density at radius 2 is 2.00 bits per heavy atom. The van der Waals surface area contributed by atoms with Crippen molar-refractivity contribution in [1.82, 2.24) is 10.6 Å². The van der Waals surface area contributed by atoms with Crippen molar-refractivity contribution in [3.05, 3.63) is 0 Å². The van der Waals surface area contributed by atoms with Crippen molar-refractivity contribution in [2.24, 2.45) is 5.41 Å². The maximum absolute atomic E-state index is 12.4. The molecule has 1 amide bonds. The molecule has 0 bridgehead atoms. The van der Waals surface area contributed by atoms with Crippen LogP contribution in [-0.2, 0) is 4.79 Å². The quantitative estimate of drug-likeness (QED) is 0.674. The van der Waals surface area contributed by atoms with Gasteiger partial charge in [-0.15, -0.1) is 0 Å². The molecular weight excluding hydrogens is 228 g/mol. The predicted octanol–water partition coefficient (Wildman–Crippen LogP) is 1.43. The summed E-state index contributed by atoms with van der Waals surface area (Å²) in [6.45, 7) is 8.00. The first-order valence-corrected chi connectivity index (χ1v) is 7.17. The molecule has 1 heterocycles. The van der Waals surface area contributed by atoms with Crippen LogP contribution in [0.5, 0.6) is 0 Å². The van der Waals surface area contributed by atoms with Crippen LogP contribution in [0.3, 0.4) is 0 Å². The maximum Gasteiger partial charge on any atom is 0.226 e. The lowest BCUT2D eigenvalue weighted by Crippen LogP contribution is -2.50. The van der Waals surface area contributed by atoms with Crippen LogP contribution >= 0.6 is 0 Å². The van der Waals surface area contributed by atoms with Gasteiger partial charge in [-0.2, -0.15) is 0 Å². The lowest BCUT2D eigenvalue weighted by Gasteiger charge is -2.37. The Kier molecular flexibility index (Phi) is 5.60. The normalized spacial score (nSPS) is 22.2. The zero-order chi connectivity index (χ0) is 13.6. The summed E-state index contributed by atoms with van der Waals surface area (Å²) in [5.74, 6) is 0.125. The lowest BCUT2D eigenvalue weighted by atomic mass is 9.74. The Labute approximate surface area is 111 Å². The first kappa shape index (κ1) is 15.4. The number of hydrogen-bond donors (Lipinski definition) is 3. The highest BCUT2D eigenvalue weighted by atomic mass is 16.3. The molecule has 1 rings (SSSR count). The Balaban J connectivity index is 2.60. The van der Waals surface area contributed by atoms with E-state index >= 15 is 0 Å². The van der Waals surface area contributed by atoms with Crippen molar-refractivity contribution in [2.45, 2.75) is 58.5 Å². The molecule has 0 aromatic heterocycles. The fraction of sp³-hybridized carbons (Fsp3) is 0.929. The Morgan fingerprint density at radius 1 is 1.39 bits per heavy atom. The van der Waals surface area contributed by atoms with Gasteiger partial charge in [0.1, 0.15) is 0 Å². The molecule has 0 saturated carbocycles. The van der Waals surface area contributed by atoms with Gasteiger partial charge in [-0.05, 0) is 45.7 Å². The lowest BCUT2D eigenvalue weighted by molar-refractivity contribution is -0.134. The van der Waals surface area contributed by atoms with Gasteiger partial charge in [0.25, 0.3) is 0 Å². The van der Waals surface area contributed by atoms with Crippen molar-refractivity contribution in [3.63, 3.8) is 0 Å². The average Bonchev–Trinajstić information content (AvgIpc) is 2.37. The molecule has 0 spiro atoms. The maximum atomic E-state index is 12.4. The molecular formula is C14H28N2O2. The van der Waals surface area contributed by atoms with E-state index in [0.29, 0.717) is 13.0 Å². The molecule has 0 radical (unpaired) electrons. The molecule has 0 aromatic rings. The molecule has 1 saturated heterocycles. The summed E-state index contributed by atoms with van der Waals surface area (Å²) < 4.78 is 0. The number of hydrogen-bond acceptors (Lipinski definition) is 3. The smallest absolute Gasteiger partial charge is 0.226 e. The van der Waals surface area contributed by atoms with Crippen LogP contribution in [0.2, 0.25) is 0 Å². The van der Waals surface area contributed by atoms with Gasteiger partial charge in [-0.1, -0.05) is 20.3 Å². The van der Waals surface area contributed by atoms with Crippen LogP contribution in [0.4, 0.5) is 0 Å². The average molecular weight is 256 g/mol. The Morgan fingerprint density at radius 3 is 2.50 bits per heavy atom. The van der Waals surface area contributed by atoms with Crippen molar-refractivity contribution >= 4 is 5.91 Å². The second-order valence-corrected chi connectivity index (χ2v) is 5.81. The van der Waals surface area contributed by atoms with Crippen molar-refractivity contribution < 1.29 is 9.90 Å². The number of piperidine rings is 1. The van der Waals surface area contributed by atoms with E-state index in [1.54, 1.807) is 6.92 Å². The fourth-order valence-corrected chi connectivity index (χ4v) is 2.56. The van der Waals surface area contributed by atoms with Crippen LogP contribution in [0.25, 0.3) is 0 Å². The predicted molar refractivity (Wildman–Crippen MR) is 73.4 cm³/mol. The molecule has 106 valence electrons. The van der Waals surface area contributed by atoms with Crippen LogP contribution in [0, 0.1) is 5.41 Å². The van der Waals surface area contributed by atoms with Gasteiger partial charge >= 0.3 is 0 Å². The Hall–Kier alpha value is -0.610. The minimum absolute atomic E-state index is 0.125. The van der Waals surface area contributed by atoms with Gasteiger partial charge in [0.05, 0.1) is 11.0 Å². The zero-order valence-electron chi connectivity index (χ0n) is 12.0. The van der Waals surface area contributed by atoms with Gasteiger partial charge in [0.2, 0.25) is 5.91 Å². The third-order valence-corrected chi connectivity index (χ3v) is 4.16. The van der Waals surface area contributed by atoms with E-state index in [2.05, 4.69) is 17.6 Å². The van der Waals surface area contributed by atoms with E-state index < -0.39 is 5.60 Å². The van der Waals surface area contributed by atoms with E-state index in [0.717, 1.165) is 38.8 Å². The fourth-order valence-electron chi connectivity index (χ4n) is 2.56. The highest BCUT2D eigenvalue weighted by Crippen LogP contribution is 2.34. The van der Waals surface area contributed by atoms with Crippen LogP contribution in [0.15, 0.2) is 0 Å². The van der Waals surface area contributed by atoms with E-state index in [1.807, 2.05) is 6.92 Å². The summed E-state index contributed by atoms with van der Waals surface area (Å²) in [5.41, 5.74) is -1.01. The summed E-state index contributed by atoms with van der Waals surface area (Å²) in [7, 11) is 0. The van der Waals surface area contributed by atoms with Gasteiger partial charge in [0.15, 0.2) is 0 Å². The molecule has 1 aliphatic heterocycles. The third kappa shape index (κ3) is 3.95. The van der Waals surface area contributed by atoms with Crippen molar-refractivity contribution in [1.29, 1.82) is 0 Å². The van der Waals surface area contributed by atoms with E-state index in [1.165, 1.54) is 0 Å². The highest BCUT2D eigenvalue weighted by Gasteiger charge is 2.38. The van der Waals surface area contributed by atoms with Crippen molar-refractivity contribution in [2.75, 3.05) is 19.6 Å². The van der Waals surface area contributed by atoms with E-state index in [4.69, 9.17) is 0 Å². The van der Waals surface area contributed by atoms with Crippen molar-refractivity contribution in [3.8, 4) is 0 Å². The first-order valence-electron chi connectivity index (χ1n) is 7.17. The second-order valence-electron chi connectivity index (χ2n) is 5.81. The molecule has 1 fully saturated rings. The van der Waals surface area contributed by atoms with E-state index in [-0.39, 0.29) is 11.3 Å². The minimum Gasteiger partial charge on any atom is -0.388 e. The SMILES string of the molecule is CCCC1(C(=O)NCC(C)(O)CC)CCNCC1.